The number of hydrogen-bond acceptors (Lipinski definition) is 8. The molecule has 11 heteroatoms. The lowest BCUT2D eigenvalue weighted by Crippen LogP contribution is -2.22. The summed E-state index contributed by atoms with van der Waals surface area (Å²) in [4.78, 5) is 26.1. The van der Waals surface area contributed by atoms with E-state index in [4.69, 9.17) is 5.73 Å². The zero-order chi connectivity index (χ0) is 23.9. The minimum Gasteiger partial charge on any atom is -0.382 e. The minimum atomic E-state index is -0.111. The van der Waals surface area contributed by atoms with Crippen molar-refractivity contribution in [2.75, 3.05) is 11.5 Å². The Balaban J connectivity index is 1.35. The molecule has 0 spiro atoms. The van der Waals surface area contributed by atoms with Gasteiger partial charge in [-0.25, -0.2) is 19.5 Å². The fourth-order valence-corrected chi connectivity index (χ4v) is 5.13. The summed E-state index contributed by atoms with van der Waals surface area (Å²) in [5.74, 6) is 1.67. The maximum absolute atomic E-state index is 13.5. The molecule has 6 aromatic rings. The maximum atomic E-state index is 13.5. The van der Waals surface area contributed by atoms with Crippen LogP contribution < -0.4 is 11.3 Å². The predicted octanol–water partition coefficient (Wildman–Crippen LogP) is 3.25. The molecule has 0 saturated carbocycles. The number of thioether (sulfide) groups is 1. The van der Waals surface area contributed by atoms with E-state index in [1.165, 1.54) is 6.33 Å². The van der Waals surface area contributed by atoms with Crippen LogP contribution in [0.2, 0.25) is 0 Å². The molecule has 0 aliphatic heterocycles. The van der Waals surface area contributed by atoms with Gasteiger partial charge in [0.05, 0.1) is 22.9 Å². The number of aromatic nitrogens is 8. The van der Waals surface area contributed by atoms with Crippen molar-refractivity contribution in [1.29, 1.82) is 0 Å². The number of hydrogen-bond donors (Lipinski definition) is 1. The van der Waals surface area contributed by atoms with E-state index in [0.29, 0.717) is 22.5 Å². The third-order valence-corrected chi connectivity index (χ3v) is 6.97. The van der Waals surface area contributed by atoms with E-state index in [1.807, 2.05) is 64.4 Å². The van der Waals surface area contributed by atoms with Crippen LogP contribution in [0.25, 0.3) is 33.5 Å². The van der Waals surface area contributed by atoms with Crippen molar-refractivity contribution < 1.29 is 0 Å². The van der Waals surface area contributed by atoms with Gasteiger partial charge in [0.1, 0.15) is 11.8 Å². The highest BCUT2D eigenvalue weighted by atomic mass is 32.2. The van der Waals surface area contributed by atoms with Gasteiger partial charge >= 0.3 is 0 Å². The van der Waals surface area contributed by atoms with Crippen LogP contribution in [0.15, 0.2) is 71.1 Å². The van der Waals surface area contributed by atoms with Gasteiger partial charge in [0.2, 0.25) is 5.78 Å². The quantitative estimate of drug-likeness (QED) is 0.283. The number of para-hydroxylation sites is 2. The zero-order valence-electron chi connectivity index (χ0n) is 18.9. The van der Waals surface area contributed by atoms with Crippen LogP contribution in [0.5, 0.6) is 0 Å². The first-order chi connectivity index (χ1) is 17.1. The third kappa shape index (κ3) is 3.51. The van der Waals surface area contributed by atoms with Gasteiger partial charge in [-0.15, -0.1) is 10.2 Å². The standard InChI is InChI=1S/C24H21N9OS/c1-15-7-2-4-9-17(15)32-22(34)16-8-3-5-10-18(16)33-23(32)29-30-24(33)35-12-6-11-31-14-28-19-20(25)26-13-27-21(19)31/h2-5,7-10,13-14H,6,11-12H2,1H3,(H2,25,26,27). The first kappa shape index (κ1) is 21.3. The molecule has 0 unspecified atom stereocenters. The highest BCUT2D eigenvalue weighted by molar-refractivity contribution is 7.99. The topological polar surface area (TPSA) is 122 Å². The number of nitrogen functional groups attached to an aromatic ring is 1. The zero-order valence-corrected chi connectivity index (χ0v) is 19.7. The Morgan fingerprint density at radius 3 is 2.71 bits per heavy atom. The van der Waals surface area contributed by atoms with E-state index < -0.39 is 0 Å². The van der Waals surface area contributed by atoms with E-state index in [2.05, 4.69) is 25.1 Å². The summed E-state index contributed by atoms with van der Waals surface area (Å²) in [7, 11) is 0. The summed E-state index contributed by atoms with van der Waals surface area (Å²) >= 11 is 1.60. The number of fused-ring (bicyclic) bond motifs is 4. The van der Waals surface area contributed by atoms with Crippen LogP contribution in [0.1, 0.15) is 12.0 Å². The van der Waals surface area contributed by atoms with Gasteiger partial charge in [-0.1, -0.05) is 42.1 Å². The Kier molecular flexibility index (Phi) is 5.18. The normalized spacial score (nSPS) is 11.7. The Morgan fingerprint density at radius 2 is 1.83 bits per heavy atom. The third-order valence-electron chi connectivity index (χ3n) is 5.96. The number of anilines is 1. The van der Waals surface area contributed by atoms with Gasteiger partial charge in [-0.2, -0.15) is 0 Å². The van der Waals surface area contributed by atoms with Gasteiger partial charge in [0.25, 0.3) is 5.56 Å². The van der Waals surface area contributed by atoms with Crippen LogP contribution in [0.3, 0.4) is 0 Å². The molecule has 0 saturated heterocycles. The highest BCUT2D eigenvalue weighted by Crippen LogP contribution is 2.25. The second kappa shape index (κ2) is 8.51. The van der Waals surface area contributed by atoms with Crippen LogP contribution in [-0.2, 0) is 6.54 Å². The molecule has 4 aromatic heterocycles. The maximum Gasteiger partial charge on any atom is 0.267 e. The molecule has 2 aromatic carbocycles. The fraction of sp³-hybridized carbons (Fsp3) is 0.167. The number of nitrogens with two attached hydrogens (primary N) is 1. The Bertz CT molecular complexity index is 1770. The molecule has 0 amide bonds. The molecule has 0 radical (unpaired) electrons. The summed E-state index contributed by atoms with van der Waals surface area (Å²) in [5, 5.41) is 10.2. The Morgan fingerprint density at radius 1 is 1.00 bits per heavy atom. The lowest BCUT2D eigenvalue weighted by molar-refractivity contribution is 0.695. The van der Waals surface area contributed by atoms with Crippen molar-refractivity contribution in [2.24, 2.45) is 0 Å². The smallest absolute Gasteiger partial charge is 0.267 e. The van der Waals surface area contributed by atoms with Gasteiger partial charge in [0.15, 0.2) is 16.6 Å². The van der Waals surface area contributed by atoms with E-state index in [-0.39, 0.29) is 5.56 Å². The fourth-order valence-electron chi connectivity index (χ4n) is 4.26. The molecule has 35 heavy (non-hydrogen) atoms. The molecule has 2 N–H and O–H groups in total. The summed E-state index contributed by atoms with van der Waals surface area (Å²) < 4.78 is 5.59. The van der Waals surface area contributed by atoms with Crippen molar-refractivity contribution in [3.63, 3.8) is 0 Å². The monoisotopic (exact) mass is 483 g/mol. The average molecular weight is 484 g/mol. The number of imidazole rings is 1. The van der Waals surface area contributed by atoms with Gasteiger partial charge in [0, 0.05) is 12.3 Å². The van der Waals surface area contributed by atoms with E-state index in [0.717, 1.165) is 46.3 Å². The Labute approximate surface area is 203 Å². The number of rotatable bonds is 6. The van der Waals surface area contributed by atoms with Crippen LogP contribution >= 0.6 is 11.8 Å². The van der Waals surface area contributed by atoms with Crippen molar-refractivity contribution in [1.82, 2.24) is 38.7 Å². The van der Waals surface area contributed by atoms with Crippen molar-refractivity contribution >= 4 is 45.4 Å². The predicted molar refractivity (Wildman–Crippen MR) is 136 cm³/mol. The van der Waals surface area contributed by atoms with E-state index in [9.17, 15) is 4.79 Å². The lowest BCUT2D eigenvalue weighted by atomic mass is 10.2. The van der Waals surface area contributed by atoms with Crippen LogP contribution in [0.4, 0.5) is 5.82 Å². The van der Waals surface area contributed by atoms with Crippen molar-refractivity contribution in [3.05, 3.63) is 77.1 Å². The second-order valence-corrected chi connectivity index (χ2v) is 9.20. The minimum absolute atomic E-state index is 0.111. The molecule has 174 valence electrons. The SMILES string of the molecule is Cc1ccccc1-n1c(=O)c2ccccc2n2c(SCCCn3cnc4c(N)ncnc43)nnc12. The molecular formula is C24H21N9OS. The number of aryl methyl sites for hydroxylation is 2. The molecule has 0 atom stereocenters. The lowest BCUT2D eigenvalue weighted by Gasteiger charge is -2.13. The van der Waals surface area contributed by atoms with E-state index in [1.54, 1.807) is 22.7 Å². The molecule has 0 fully saturated rings. The molecule has 6 rings (SSSR count). The largest absolute Gasteiger partial charge is 0.382 e. The second-order valence-electron chi connectivity index (χ2n) is 8.13. The summed E-state index contributed by atoms with van der Waals surface area (Å²) in [6.45, 7) is 2.71. The molecule has 4 heterocycles. The average Bonchev–Trinajstić information content (AvgIpc) is 3.48. The highest BCUT2D eigenvalue weighted by Gasteiger charge is 2.18. The summed E-state index contributed by atoms with van der Waals surface area (Å²) in [6, 6.07) is 15.4. The van der Waals surface area contributed by atoms with Crippen LogP contribution in [-0.4, -0.2) is 44.4 Å². The molecule has 0 bridgehead atoms. The summed E-state index contributed by atoms with van der Waals surface area (Å²) in [5.41, 5.74) is 9.69. The number of nitrogens with zero attached hydrogens (tertiary/aromatic N) is 8. The molecule has 10 nitrogen and oxygen atoms in total. The van der Waals surface area contributed by atoms with E-state index >= 15 is 0 Å². The summed E-state index contributed by atoms with van der Waals surface area (Å²) in [6.07, 6.45) is 4.04. The van der Waals surface area contributed by atoms with Crippen LogP contribution in [0, 0.1) is 6.92 Å². The van der Waals surface area contributed by atoms with Crippen molar-refractivity contribution in [2.45, 2.75) is 25.0 Å². The van der Waals surface area contributed by atoms with Gasteiger partial charge in [-0.3, -0.25) is 9.20 Å². The first-order valence-electron chi connectivity index (χ1n) is 11.1. The molecule has 0 aliphatic rings. The van der Waals surface area contributed by atoms with Crippen molar-refractivity contribution in [3.8, 4) is 5.69 Å². The Hall–Kier alpha value is -4.25. The molecular weight excluding hydrogens is 462 g/mol. The van der Waals surface area contributed by atoms with Gasteiger partial charge < -0.3 is 10.3 Å². The number of benzene rings is 2. The van der Waals surface area contributed by atoms with Gasteiger partial charge in [-0.05, 0) is 37.1 Å². The molecule has 0 aliphatic carbocycles. The first-order valence-corrected chi connectivity index (χ1v) is 12.1.